The molecule has 0 saturated carbocycles. The highest BCUT2D eigenvalue weighted by Gasteiger charge is 2.14. The molecule has 3 aromatic rings. The van der Waals surface area contributed by atoms with E-state index < -0.39 is 0 Å². The number of hydrazine groups is 1. The average Bonchev–Trinajstić information content (AvgIpc) is 2.92. The molecule has 0 radical (unpaired) electrons. The van der Waals surface area contributed by atoms with Crippen molar-refractivity contribution in [1.29, 1.82) is 0 Å². The number of aromatic nitrogens is 5. The predicted molar refractivity (Wildman–Crippen MR) is 81.1 cm³/mol. The van der Waals surface area contributed by atoms with Gasteiger partial charge in [-0.15, -0.1) is 10.2 Å². The lowest BCUT2D eigenvalue weighted by Gasteiger charge is -2.10. The van der Waals surface area contributed by atoms with Gasteiger partial charge in [0.15, 0.2) is 5.65 Å². The third-order valence-electron chi connectivity index (χ3n) is 3.07. The summed E-state index contributed by atoms with van der Waals surface area (Å²) in [6.07, 6.45) is 2.67. The first-order valence-corrected chi connectivity index (χ1v) is 7.36. The Kier molecular flexibility index (Phi) is 3.72. The number of nitrogen functional groups attached to an aromatic ring is 1. The summed E-state index contributed by atoms with van der Waals surface area (Å²) < 4.78 is 1.92. The second-order valence-corrected chi connectivity index (χ2v) is 5.39. The number of pyridine rings is 1. The Morgan fingerprint density at radius 1 is 1.29 bits per heavy atom. The van der Waals surface area contributed by atoms with Crippen molar-refractivity contribution in [2.75, 3.05) is 5.43 Å². The van der Waals surface area contributed by atoms with Crippen molar-refractivity contribution >= 4 is 23.2 Å². The van der Waals surface area contributed by atoms with Crippen LogP contribution in [0.3, 0.4) is 0 Å². The van der Waals surface area contributed by atoms with Crippen LogP contribution in [-0.4, -0.2) is 24.6 Å². The maximum absolute atomic E-state index is 5.52. The molecule has 3 heterocycles. The van der Waals surface area contributed by atoms with Gasteiger partial charge in [0.1, 0.15) is 16.7 Å². The molecular formula is C13H15N7S. The van der Waals surface area contributed by atoms with Crippen LogP contribution in [0.1, 0.15) is 18.3 Å². The standard InChI is InChI=1S/C13H15N7S/c1-3-9-15-11(17-14)8(2)12(16-9)21-13-19-18-10-6-4-5-7-20(10)13/h4-7H,3,14H2,1-2H3,(H,15,16,17). The molecule has 8 heteroatoms. The van der Waals surface area contributed by atoms with E-state index >= 15 is 0 Å². The van der Waals surface area contributed by atoms with Gasteiger partial charge < -0.3 is 5.43 Å². The van der Waals surface area contributed by atoms with Crippen molar-refractivity contribution in [3.63, 3.8) is 0 Å². The molecule has 3 N–H and O–H groups in total. The fraction of sp³-hybridized carbons (Fsp3) is 0.231. The molecule has 0 unspecified atom stereocenters. The number of aryl methyl sites for hydroxylation is 1. The highest BCUT2D eigenvalue weighted by molar-refractivity contribution is 7.99. The minimum atomic E-state index is 0.637. The summed E-state index contributed by atoms with van der Waals surface area (Å²) >= 11 is 1.45. The SMILES string of the molecule is CCc1nc(NN)c(C)c(Sc2nnc3ccccn23)n1. The first-order chi connectivity index (χ1) is 10.2. The summed E-state index contributed by atoms with van der Waals surface area (Å²) in [5, 5.41) is 9.93. The quantitative estimate of drug-likeness (QED) is 0.431. The first kappa shape index (κ1) is 13.8. The number of hydrogen-bond acceptors (Lipinski definition) is 7. The molecule has 0 fully saturated rings. The predicted octanol–water partition coefficient (Wildman–Crippen LogP) is 1.83. The molecule has 0 atom stereocenters. The summed E-state index contributed by atoms with van der Waals surface area (Å²) in [6.45, 7) is 3.94. The largest absolute Gasteiger partial charge is 0.308 e. The minimum absolute atomic E-state index is 0.637. The van der Waals surface area contributed by atoms with E-state index in [-0.39, 0.29) is 0 Å². The van der Waals surface area contributed by atoms with Gasteiger partial charge in [0.05, 0.1) is 0 Å². The zero-order valence-corrected chi connectivity index (χ0v) is 12.6. The fourth-order valence-corrected chi connectivity index (χ4v) is 2.82. The van der Waals surface area contributed by atoms with E-state index in [0.29, 0.717) is 5.82 Å². The lowest BCUT2D eigenvalue weighted by Crippen LogP contribution is -2.13. The van der Waals surface area contributed by atoms with Gasteiger partial charge in [0.25, 0.3) is 0 Å². The van der Waals surface area contributed by atoms with E-state index in [1.807, 2.05) is 42.6 Å². The second-order valence-electron chi connectivity index (χ2n) is 4.43. The summed E-state index contributed by atoms with van der Waals surface area (Å²) in [6, 6.07) is 5.78. The van der Waals surface area contributed by atoms with E-state index in [2.05, 4.69) is 25.6 Å². The highest BCUT2D eigenvalue weighted by Crippen LogP contribution is 2.30. The highest BCUT2D eigenvalue weighted by atomic mass is 32.2. The normalized spacial score (nSPS) is 11.0. The van der Waals surface area contributed by atoms with E-state index in [1.54, 1.807) is 0 Å². The lowest BCUT2D eigenvalue weighted by molar-refractivity contribution is 0.861. The molecule has 0 aliphatic rings. The Labute approximate surface area is 126 Å². The second kappa shape index (κ2) is 5.66. The summed E-state index contributed by atoms with van der Waals surface area (Å²) in [5.74, 6) is 6.90. The van der Waals surface area contributed by atoms with Crippen LogP contribution in [0.2, 0.25) is 0 Å². The molecule has 108 valence electrons. The number of anilines is 1. The van der Waals surface area contributed by atoms with Crippen LogP contribution in [0.5, 0.6) is 0 Å². The van der Waals surface area contributed by atoms with Crippen molar-refractivity contribution in [3.05, 3.63) is 35.8 Å². The van der Waals surface area contributed by atoms with Crippen LogP contribution in [0.4, 0.5) is 5.82 Å². The number of fused-ring (bicyclic) bond motifs is 1. The average molecular weight is 301 g/mol. The number of nitrogens with one attached hydrogen (secondary N) is 1. The smallest absolute Gasteiger partial charge is 0.201 e. The van der Waals surface area contributed by atoms with Crippen LogP contribution >= 0.6 is 11.8 Å². The van der Waals surface area contributed by atoms with Crippen molar-refractivity contribution in [2.24, 2.45) is 5.84 Å². The maximum Gasteiger partial charge on any atom is 0.201 e. The summed E-state index contributed by atoms with van der Waals surface area (Å²) in [4.78, 5) is 8.91. The van der Waals surface area contributed by atoms with Gasteiger partial charge in [-0.2, -0.15) is 0 Å². The van der Waals surface area contributed by atoms with E-state index in [4.69, 9.17) is 5.84 Å². The van der Waals surface area contributed by atoms with Crippen LogP contribution < -0.4 is 11.3 Å². The zero-order chi connectivity index (χ0) is 14.8. The van der Waals surface area contributed by atoms with Crippen LogP contribution in [0, 0.1) is 6.92 Å². The number of hydrogen-bond donors (Lipinski definition) is 2. The van der Waals surface area contributed by atoms with Gasteiger partial charge in [0, 0.05) is 18.2 Å². The van der Waals surface area contributed by atoms with Crippen LogP contribution in [0.15, 0.2) is 34.6 Å². The molecule has 0 spiro atoms. The molecule has 0 aromatic carbocycles. The minimum Gasteiger partial charge on any atom is -0.308 e. The summed E-state index contributed by atoms with van der Waals surface area (Å²) in [7, 11) is 0. The Morgan fingerprint density at radius 3 is 2.90 bits per heavy atom. The molecule has 0 amide bonds. The van der Waals surface area contributed by atoms with Crippen molar-refractivity contribution < 1.29 is 0 Å². The third-order valence-corrected chi connectivity index (χ3v) is 4.12. The molecular weight excluding hydrogens is 286 g/mol. The van der Waals surface area contributed by atoms with E-state index in [0.717, 1.165) is 33.6 Å². The third kappa shape index (κ3) is 2.55. The molecule has 21 heavy (non-hydrogen) atoms. The van der Waals surface area contributed by atoms with Crippen molar-refractivity contribution in [1.82, 2.24) is 24.6 Å². The Morgan fingerprint density at radius 2 is 2.14 bits per heavy atom. The van der Waals surface area contributed by atoms with Crippen LogP contribution in [-0.2, 0) is 6.42 Å². The first-order valence-electron chi connectivity index (χ1n) is 6.54. The lowest BCUT2D eigenvalue weighted by atomic mass is 10.3. The molecule has 0 bridgehead atoms. The van der Waals surface area contributed by atoms with E-state index in [1.165, 1.54) is 11.8 Å². The molecule has 0 aliphatic heterocycles. The topological polar surface area (TPSA) is 94.0 Å². The number of nitrogens with zero attached hydrogens (tertiary/aromatic N) is 5. The molecule has 3 aromatic heterocycles. The van der Waals surface area contributed by atoms with E-state index in [9.17, 15) is 0 Å². The Hall–Kier alpha value is -2.19. The monoisotopic (exact) mass is 301 g/mol. The van der Waals surface area contributed by atoms with Gasteiger partial charge in [-0.05, 0) is 30.8 Å². The molecule has 0 saturated heterocycles. The van der Waals surface area contributed by atoms with Crippen molar-refractivity contribution in [3.8, 4) is 0 Å². The van der Waals surface area contributed by atoms with Gasteiger partial charge in [0.2, 0.25) is 5.16 Å². The van der Waals surface area contributed by atoms with Gasteiger partial charge in [-0.1, -0.05) is 13.0 Å². The Bertz CT molecular complexity index is 783. The van der Waals surface area contributed by atoms with Crippen LogP contribution in [0.25, 0.3) is 5.65 Å². The number of rotatable bonds is 4. The Balaban J connectivity index is 2.05. The van der Waals surface area contributed by atoms with Gasteiger partial charge in [-0.3, -0.25) is 4.40 Å². The van der Waals surface area contributed by atoms with Crippen molar-refractivity contribution in [2.45, 2.75) is 30.5 Å². The fourth-order valence-electron chi connectivity index (χ4n) is 1.91. The van der Waals surface area contributed by atoms with Gasteiger partial charge in [-0.25, -0.2) is 15.8 Å². The van der Waals surface area contributed by atoms with Gasteiger partial charge >= 0.3 is 0 Å². The number of nitrogens with two attached hydrogens (primary N) is 1. The molecule has 0 aliphatic carbocycles. The summed E-state index contributed by atoms with van der Waals surface area (Å²) in [5.41, 5.74) is 4.32. The zero-order valence-electron chi connectivity index (χ0n) is 11.7. The maximum atomic E-state index is 5.52. The molecule has 3 rings (SSSR count). The molecule has 7 nitrogen and oxygen atoms in total.